The largest absolute Gasteiger partial charge is 0.444 e. The number of rotatable bonds is 9. The Bertz CT molecular complexity index is 585. The fourth-order valence-corrected chi connectivity index (χ4v) is 3.05. The van der Waals surface area contributed by atoms with Crippen molar-refractivity contribution < 1.29 is 24.2 Å². The van der Waals surface area contributed by atoms with Gasteiger partial charge in [0.1, 0.15) is 11.7 Å². The predicted molar refractivity (Wildman–Crippen MR) is 98.4 cm³/mol. The van der Waals surface area contributed by atoms with Crippen LogP contribution in [0.2, 0.25) is 0 Å². The third-order valence-electron chi connectivity index (χ3n) is 4.59. The highest BCUT2D eigenvalue weighted by Gasteiger charge is 2.45. The summed E-state index contributed by atoms with van der Waals surface area (Å²) < 4.78 is 10.5. The van der Waals surface area contributed by atoms with Gasteiger partial charge in [0.25, 0.3) is 0 Å². The second kappa shape index (κ2) is 9.43. The molecule has 0 aromatic heterocycles. The van der Waals surface area contributed by atoms with Crippen LogP contribution in [-0.4, -0.2) is 35.6 Å². The quantitative estimate of drug-likeness (QED) is 0.619. The molecule has 2 amide bonds. The molecule has 5 N–H and O–H groups in total. The Kier molecular flexibility index (Phi) is 7.89. The van der Waals surface area contributed by atoms with Gasteiger partial charge >= 0.3 is 12.2 Å². The molecule has 26 heavy (non-hydrogen) atoms. The lowest BCUT2D eigenvalue weighted by molar-refractivity contribution is -0.0739. The molecule has 0 saturated heterocycles. The standard InChI is InChI=1S/C19H30N2O5/c1-18(2,3)19(26-17(21)24,12-14-8-5-4-6-9-14)11-7-10-15(13-22)25-16(20)23/h4-6,8-9,15,22H,7,10-13H2,1-3H3,(H2,20,23)(H2,21,24)/t15?,19-/m0/s1. The number of amides is 2. The van der Waals surface area contributed by atoms with Crippen LogP contribution >= 0.6 is 0 Å². The van der Waals surface area contributed by atoms with Gasteiger partial charge in [-0.1, -0.05) is 51.1 Å². The van der Waals surface area contributed by atoms with Crippen LogP contribution in [0.25, 0.3) is 0 Å². The predicted octanol–water partition coefficient (Wildman–Crippen LogP) is 2.74. The summed E-state index contributed by atoms with van der Waals surface area (Å²) in [7, 11) is 0. The van der Waals surface area contributed by atoms with E-state index in [9.17, 15) is 14.7 Å². The number of carbonyl (C=O) groups excluding carboxylic acids is 2. The third kappa shape index (κ3) is 6.55. The molecule has 1 rings (SSSR count). The van der Waals surface area contributed by atoms with E-state index in [1.165, 1.54) is 0 Å². The van der Waals surface area contributed by atoms with Crippen molar-refractivity contribution in [3.05, 3.63) is 35.9 Å². The maximum atomic E-state index is 11.6. The Balaban J connectivity index is 2.98. The van der Waals surface area contributed by atoms with Crippen molar-refractivity contribution in [2.75, 3.05) is 6.61 Å². The summed E-state index contributed by atoms with van der Waals surface area (Å²) in [6, 6.07) is 9.71. The summed E-state index contributed by atoms with van der Waals surface area (Å²) >= 11 is 0. The molecule has 0 aliphatic rings. The highest BCUT2D eigenvalue weighted by molar-refractivity contribution is 5.65. The summed E-state index contributed by atoms with van der Waals surface area (Å²) in [4.78, 5) is 22.5. The van der Waals surface area contributed by atoms with Crippen LogP contribution in [0, 0.1) is 5.41 Å². The summed E-state index contributed by atoms with van der Waals surface area (Å²) in [5, 5.41) is 9.31. The van der Waals surface area contributed by atoms with Crippen molar-refractivity contribution in [1.29, 1.82) is 0 Å². The lowest BCUT2D eigenvalue weighted by Gasteiger charge is -2.44. The summed E-state index contributed by atoms with van der Waals surface area (Å²) in [6.07, 6.45) is -0.500. The minimum absolute atomic E-state index is 0.319. The normalized spacial score (nSPS) is 14.9. The molecule has 0 aliphatic heterocycles. The number of ether oxygens (including phenoxy) is 2. The second-order valence-electron chi connectivity index (χ2n) is 7.46. The molecule has 2 atom stereocenters. The van der Waals surface area contributed by atoms with Crippen LogP contribution in [0.4, 0.5) is 9.59 Å². The Labute approximate surface area is 154 Å². The topological polar surface area (TPSA) is 125 Å². The van der Waals surface area contributed by atoms with Gasteiger partial charge in [-0.15, -0.1) is 0 Å². The molecule has 1 aromatic carbocycles. The van der Waals surface area contributed by atoms with E-state index >= 15 is 0 Å². The molecular weight excluding hydrogens is 336 g/mol. The highest BCUT2D eigenvalue weighted by atomic mass is 16.6. The Morgan fingerprint density at radius 2 is 1.73 bits per heavy atom. The second-order valence-corrected chi connectivity index (χ2v) is 7.46. The first kappa shape index (κ1) is 21.8. The van der Waals surface area contributed by atoms with Crippen molar-refractivity contribution in [2.24, 2.45) is 16.9 Å². The van der Waals surface area contributed by atoms with E-state index in [0.29, 0.717) is 25.7 Å². The zero-order valence-electron chi connectivity index (χ0n) is 15.7. The molecule has 0 saturated carbocycles. The first-order chi connectivity index (χ1) is 12.1. The monoisotopic (exact) mass is 366 g/mol. The zero-order chi connectivity index (χ0) is 19.8. The molecule has 7 nitrogen and oxygen atoms in total. The fourth-order valence-electron chi connectivity index (χ4n) is 3.05. The van der Waals surface area contributed by atoms with Gasteiger partial charge in [0, 0.05) is 11.8 Å². The van der Waals surface area contributed by atoms with Gasteiger partial charge < -0.3 is 26.0 Å². The molecule has 7 heteroatoms. The lowest BCUT2D eigenvalue weighted by Crippen LogP contribution is -2.50. The summed E-state index contributed by atoms with van der Waals surface area (Å²) in [5.41, 5.74) is 10.2. The van der Waals surface area contributed by atoms with Gasteiger partial charge in [-0.25, -0.2) is 9.59 Å². The minimum atomic E-state index is -0.927. The SMILES string of the molecule is CC(C)(C)[C@](CCCC(CO)OC(N)=O)(Cc1ccccc1)OC(N)=O. The maximum absolute atomic E-state index is 11.6. The number of aliphatic hydroxyl groups excluding tert-OH is 1. The molecule has 0 bridgehead atoms. The van der Waals surface area contributed by atoms with Gasteiger partial charge in [-0.3, -0.25) is 0 Å². The van der Waals surface area contributed by atoms with Crippen molar-refractivity contribution in [3.63, 3.8) is 0 Å². The third-order valence-corrected chi connectivity index (χ3v) is 4.59. The smallest absolute Gasteiger partial charge is 0.405 e. The molecule has 146 valence electrons. The number of hydrogen-bond acceptors (Lipinski definition) is 5. The van der Waals surface area contributed by atoms with Crippen molar-refractivity contribution in [1.82, 2.24) is 0 Å². The van der Waals surface area contributed by atoms with Crippen LogP contribution in [0.5, 0.6) is 0 Å². The minimum Gasteiger partial charge on any atom is -0.444 e. The molecule has 0 aliphatic carbocycles. The molecule has 0 spiro atoms. The highest BCUT2D eigenvalue weighted by Crippen LogP contribution is 2.41. The molecule has 1 aromatic rings. The van der Waals surface area contributed by atoms with Crippen LogP contribution in [0.3, 0.4) is 0 Å². The van der Waals surface area contributed by atoms with Gasteiger partial charge in [0.05, 0.1) is 6.61 Å². The number of hydrogen-bond donors (Lipinski definition) is 3. The van der Waals surface area contributed by atoms with E-state index in [0.717, 1.165) is 5.56 Å². The average Bonchev–Trinajstić information content (AvgIpc) is 2.52. The van der Waals surface area contributed by atoms with E-state index in [2.05, 4.69) is 0 Å². The molecule has 1 unspecified atom stereocenters. The Hall–Kier alpha value is -2.28. The van der Waals surface area contributed by atoms with E-state index in [1.807, 2.05) is 51.1 Å². The number of aliphatic hydroxyl groups is 1. The number of primary amides is 2. The maximum Gasteiger partial charge on any atom is 0.405 e. The van der Waals surface area contributed by atoms with E-state index in [-0.39, 0.29) is 6.61 Å². The molecule has 0 radical (unpaired) electrons. The van der Waals surface area contributed by atoms with E-state index in [4.69, 9.17) is 20.9 Å². The number of nitrogens with two attached hydrogens (primary N) is 2. The zero-order valence-corrected chi connectivity index (χ0v) is 15.7. The molecule has 0 fully saturated rings. The Morgan fingerprint density at radius 3 is 2.19 bits per heavy atom. The molecular formula is C19H30N2O5. The van der Waals surface area contributed by atoms with Crippen molar-refractivity contribution >= 4 is 12.2 Å². The van der Waals surface area contributed by atoms with Crippen LogP contribution in [0.15, 0.2) is 30.3 Å². The van der Waals surface area contributed by atoms with Crippen LogP contribution < -0.4 is 11.5 Å². The van der Waals surface area contributed by atoms with Crippen LogP contribution in [0.1, 0.15) is 45.6 Å². The van der Waals surface area contributed by atoms with Crippen LogP contribution in [-0.2, 0) is 15.9 Å². The van der Waals surface area contributed by atoms with Gasteiger partial charge in [-0.2, -0.15) is 0 Å². The van der Waals surface area contributed by atoms with Crippen molar-refractivity contribution in [2.45, 2.75) is 58.2 Å². The Morgan fingerprint density at radius 1 is 1.12 bits per heavy atom. The first-order valence-electron chi connectivity index (χ1n) is 8.69. The van der Waals surface area contributed by atoms with Gasteiger partial charge in [0.2, 0.25) is 0 Å². The first-order valence-corrected chi connectivity index (χ1v) is 8.69. The van der Waals surface area contributed by atoms with E-state index in [1.54, 1.807) is 0 Å². The molecule has 0 heterocycles. The summed E-state index contributed by atoms with van der Waals surface area (Å²) in [5.74, 6) is 0. The van der Waals surface area contributed by atoms with Gasteiger partial charge in [0.15, 0.2) is 0 Å². The number of carbonyl (C=O) groups is 2. The average molecular weight is 366 g/mol. The number of benzene rings is 1. The summed E-state index contributed by atoms with van der Waals surface area (Å²) in [6.45, 7) is 5.65. The van der Waals surface area contributed by atoms with Gasteiger partial charge in [-0.05, 0) is 24.8 Å². The van der Waals surface area contributed by atoms with Crippen molar-refractivity contribution in [3.8, 4) is 0 Å². The lowest BCUT2D eigenvalue weighted by atomic mass is 9.70. The fraction of sp³-hybridized carbons (Fsp3) is 0.579. The van der Waals surface area contributed by atoms with E-state index < -0.39 is 29.3 Å².